The first-order chi connectivity index (χ1) is 6.68. The number of nitrogens with two attached hydrogens (primary N) is 2. The summed E-state index contributed by atoms with van der Waals surface area (Å²) in [5.74, 6) is 0.194. The Labute approximate surface area is 84.6 Å². The van der Waals surface area contributed by atoms with E-state index in [1.807, 2.05) is 4.90 Å². The van der Waals surface area contributed by atoms with Gasteiger partial charge in [0.15, 0.2) is 0 Å². The molecule has 0 aromatic carbocycles. The lowest BCUT2D eigenvalue weighted by atomic mass is 9.90. The van der Waals surface area contributed by atoms with Crippen molar-refractivity contribution < 1.29 is 4.79 Å². The zero-order valence-corrected chi connectivity index (χ0v) is 8.48. The van der Waals surface area contributed by atoms with Crippen LogP contribution in [0.5, 0.6) is 0 Å². The summed E-state index contributed by atoms with van der Waals surface area (Å²) in [5.41, 5.74) is 11.8. The van der Waals surface area contributed by atoms with Crippen LogP contribution in [0.1, 0.15) is 32.1 Å². The van der Waals surface area contributed by atoms with Gasteiger partial charge in [-0.2, -0.15) is 0 Å². The van der Waals surface area contributed by atoms with E-state index in [1.165, 1.54) is 12.8 Å². The molecule has 2 fully saturated rings. The first-order valence-electron chi connectivity index (χ1n) is 5.49. The van der Waals surface area contributed by atoms with Crippen molar-refractivity contribution in [3.63, 3.8) is 0 Å². The minimum Gasteiger partial charge on any atom is -0.337 e. The van der Waals surface area contributed by atoms with Crippen LogP contribution in [-0.4, -0.2) is 35.5 Å². The van der Waals surface area contributed by atoms with E-state index in [9.17, 15) is 4.79 Å². The number of hydrogen-bond donors (Lipinski definition) is 2. The molecule has 0 bridgehead atoms. The van der Waals surface area contributed by atoms with Crippen molar-refractivity contribution in [2.24, 2.45) is 11.5 Å². The minimum atomic E-state index is 0.0247. The van der Waals surface area contributed by atoms with Crippen LogP contribution >= 0.6 is 0 Å². The maximum Gasteiger partial charge on any atom is 0.224 e. The van der Waals surface area contributed by atoms with Crippen LogP contribution in [0.15, 0.2) is 0 Å². The molecular formula is C10H19N3O. The van der Waals surface area contributed by atoms with Gasteiger partial charge in [0.25, 0.3) is 0 Å². The molecule has 3 atom stereocenters. The Bertz CT molecular complexity index is 231. The Balaban J connectivity index is 2.02. The largest absolute Gasteiger partial charge is 0.337 e. The lowest BCUT2D eigenvalue weighted by Gasteiger charge is -2.36. The summed E-state index contributed by atoms with van der Waals surface area (Å²) in [4.78, 5) is 13.5. The molecule has 4 heteroatoms. The van der Waals surface area contributed by atoms with Gasteiger partial charge >= 0.3 is 0 Å². The van der Waals surface area contributed by atoms with E-state index in [1.54, 1.807) is 0 Å². The van der Waals surface area contributed by atoms with Crippen molar-refractivity contribution in [1.82, 2.24) is 4.90 Å². The third-order valence-corrected chi connectivity index (χ3v) is 3.37. The number of rotatable bonds is 1. The second-order valence-corrected chi connectivity index (χ2v) is 4.53. The number of hydrogen-bond acceptors (Lipinski definition) is 3. The molecule has 4 nitrogen and oxygen atoms in total. The Morgan fingerprint density at radius 2 is 1.93 bits per heavy atom. The molecule has 1 unspecified atom stereocenters. The molecule has 1 heterocycles. The lowest BCUT2D eigenvalue weighted by molar-refractivity contribution is -0.130. The summed E-state index contributed by atoms with van der Waals surface area (Å²) < 4.78 is 0. The van der Waals surface area contributed by atoms with Gasteiger partial charge in [-0.15, -0.1) is 0 Å². The van der Waals surface area contributed by atoms with Crippen LogP contribution in [0.4, 0.5) is 0 Å². The number of carbonyl (C=O) groups excluding carboxylic acids is 1. The standard InChI is InChI=1S/C10H19N3O/c11-7-5-10(14)13(6-7)9-4-2-1-3-8(9)12/h7-9H,1-6,11-12H2/t7?,8-,9-/m0/s1. The molecule has 0 aromatic rings. The second-order valence-electron chi connectivity index (χ2n) is 4.53. The minimum absolute atomic E-state index is 0.0247. The van der Waals surface area contributed by atoms with Gasteiger partial charge in [-0.25, -0.2) is 0 Å². The number of carbonyl (C=O) groups is 1. The highest BCUT2D eigenvalue weighted by atomic mass is 16.2. The van der Waals surface area contributed by atoms with Gasteiger partial charge in [0.05, 0.1) is 0 Å². The third-order valence-electron chi connectivity index (χ3n) is 3.37. The molecule has 1 saturated carbocycles. The smallest absolute Gasteiger partial charge is 0.224 e. The quantitative estimate of drug-likeness (QED) is 0.612. The summed E-state index contributed by atoms with van der Waals surface area (Å²) in [6, 6.07) is 0.444. The van der Waals surface area contributed by atoms with E-state index in [0.717, 1.165) is 12.8 Å². The molecule has 2 aliphatic rings. The first kappa shape index (κ1) is 9.93. The lowest BCUT2D eigenvalue weighted by Crippen LogP contribution is -2.50. The van der Waals surface area contributed by atoms with Gasteiger partial charge in [-0.05, 0) is 12.8 Å². The molecule has 4 N–H and O–H groups in total. The maximum absolute atomic E-state index is 11.6. The number of likely N-dealkylation sites (tertiary alicyclic amines) is 1. The third kappa shape index (κ3) is 1.77. The van der Waals surface area contributed by atoms with Crippen molar-refractivity contribution in [3.05, 3.63) is 0 Å². The van der Waals surface area contributed by atoms with Gasteiger partial charge in [0.1, 0.15) is 0 Å². The van der Waals surface area contributed by atoms with E-state index >= 15 is 0 Å². The molecule has 0 spiro atoms. The summed E-state index contributed by atoms with van der Waals surface area (Å²) >= 11 is 0. The van der Waals surface area contributed by atoms with E-state index < -0.39 is 0 Å². The van der Waals surface area contributed by atoms with Crippen molar-refractivity contribution in [2.75, 3.05) is 6.54 Å². The van der Waals surface area contributed by atoms with Gasteiger partial charge in [0.2, 0.25) is 5.91 Å². The predicted octanol–water partition coefficient (Wildman–Crippen LogP) is -0.184. The van der Waals surface area contributed by atoms with Gasteiger partial charge in [-0.3, -0.25) is 4.79 Å². The molecule has 2 rings (SSSR count). The summed E-state index contributed by atoms with van der Waals surface area (Å²) in [7, 11) is 0. The van der Waals surface area contributed by atoms with Crippen LogP contribution in [0, 0.1) is 0 Å². The highest BCUT2D eigenvalue weighted by Crippen LogP contribution is 2.25. The Kier molecular flexibility index (Phi) is 2.74. The fourth-order valence-corrected chi connectivity index (χ4v) is 2.61. The van der Waals surface area contributed by atoms with Gasteiger partial charge in [-0.1, -0.05) is 12.8 Å². The predicted molar refractivity (Wildman–Crippen MR) is 54.5 cm³/mol. The summed E-state index contributed by atoms with van der Waals surface area (Å²) in [6.45, 7) is 0.706. The normalized spacial score (nSPS) is 39.1. The molecule has 1 amide bonds. The molecule has 80 valence electrons. The molecule has 14 heavy (non-hydrogen) atoms. The second kappa shape index (κ2) is 3.87. The molecule has 1 aliphatic heterocycles. The molecule has 1 saturated heterocycles. The summed E-state index contributed by atoms with van der Waals surface area (Å²) in [6.07, 6.45) is 5.00. The number of nitrogens with zero attached hydrogens (tertiary/aromatic N) is 1. The first-order valence-corrected chi connectivity index (χ1v) is 5.49. The van der Waals surface area contributed by atoms with Crippen LogP contribution in [0.3, 0.4) is 0 Å². The molecule has 0 aromatic heterocycles. The monoisotopic (exact) mass is 197 g/mol. The maximum atomic E-state index is 11.6. The molecule has 0 radical (unpaired) electrons. The molecular weight excluding hydrogens is 178 g/mol. The van der Waals surface area contributed by atoms with Crippen molar-refractivity contribution in [3.8, 4) is 0 Å². The highest BCUT2D eigenvalue weighted by Gasteiger charge is 2.36. The van der Waals surface area contributed by atoms with Crippen LogP contribution in [0.2, 0.25) is 0 Å². The highest BCUT2D eigenvalue weighted by molar-refractivity contribution is 5.79. The Morgan fingerprint density at radius 1 is 1.21 bits per heavy atom. The van der Waals surface area contributed by atoms with Crippen LogP contribution in [0.25, 0.3) is 0 Å². The van der Waals surface area contributed by atoms with Gasteiger partial charge in [0, 0.05) is 31.1 Å². The van der Waals surface area contributed by atoms with Crippen LogP contribution in [-0.2, 0) is 4.79 Å². The average Bonchev–Trinajstić information content (AvgIpc) is 2.46. The Morgan fingerprint density at radius 3 is 2.50 bits per heavy atom. The van der Waals surface area contributed by atoms with E-state index in [4.69, 9.17) is 11.5 Å². The topological polar surface area (TPSA) is 72.4 Å². The number of amides is 1. The van der Waals surface area contributed by atoms with E-state index in [0.29, 0.717) is 13.0 Å². The molecule has 1 aliphatic carbocycles. The zero-order valence-electron chi connectivity index (χ0n) is 8.48. The Hall–Kier alpha value is -0.610. The van der Waals surface area contributed by atoms with E-state index in [-0.39, 0.29) is 24.0 Å². The van der Waals surface area contributed by atoms with Gasteiger partial charge < -0.3 is 16.4 Å². The fraction of sp³-hybridized carbons (Fsp3) is 0.900. The van der Waals surface area contributed by atoms with E-state index in [2.05, 4.69) is 0 Å². The van der Waals surface area contributed by atoms with Crippen molar-refractivity contribution >= 4 is 5.91 Å². The average molecular weight is 197 g/mol. The fourth-order valence-electron chi connectivity index (χ4n) is 2.61. The summed E-state index contributed by atoms with van der Waals surface area (Å²) in [5, 5.41) is 0. The van der Waals surface area contributed by atoms with Crippen molar-refractivity contribution in [1.29, 1.82) is 0 Å². The van der Waals surface area contributed by atoms with Crippen molar-refractivity contribution in [2.45, 2.75) is 50.2 Å². The zero-order chi connectivity index (χ0) is 10.1. The SMILES string of the molecule is NC1CC(=O)N([C@H]2CCCC[C@@H]2N)C1. The van der Waals surface area contributed by atoms with Crippen LogP contribution < -0.4 is 11.5 Å².